The smallest absolute Gasteiger partial charge is 0.338 e. The Bertz CT molecular complexity index is 837. The van der Waals surface area contributed by atoms with E-state index >= 15 is 0 Å². The Kier molecular flexibility index (Phi) is 6.47. The van der Waals surface area contributed by atoms with Gasteiger partial charge in [-0.3, -0.25) is 9.69 Å². The normalized spacial score (nSPS) is 15.2. The predicted octanol–water partition coefficient (Wildman–Crippen LogP) is 3.94. The van der Waals surface area contributed by atoms with Gasteiger partial charge in [-0.2, -0.15) is 0 Å². The Labute approximate surface area is 166 Å². The van der Waals surface area contributed by atoms with Gasteiger partial charge in [0.25, 0.3) is 0 Å². The highest BCUT2D eigenvalue weighted by Gasteiger charge is 2.25. The third-order valence-electron chi connectivity index (χ3n) is 5.48. The zero-order valence-electron chi connectivity index (χ0n) is 16.8. The molecule has 2 aromatic rings. The second-order valence-electron chi connectivity index (χ2n) is 7.49. The van der Waals surface area contributed by atoms with Crippen molar-refractivity contribution in [2.45, 2.75) is 33.2 Å². The van der Waals surface area contributed by atoms with Gasteiger partial charge in [0, 0.05) is 18.2 Å². The number of anilines is 1. The van der Waals surface area contributed by atoms with E-state index in [-0.39, 0.29) is 11.8 Å². The Morgan fingerprint density at radius 3 is 2.39 bits per heavy atom. The van der Waals surface area contributed by atoms with Crippen LogP contribution in [0.25, 0.3) is 0 Å². The van der Waals surface area contributed by atoms with Crippen LogP contribution in [0.4, 0.5) is 5.69 Å². The van der Waals surface area contributed by atoms with E-state index in [4.69, 9.17) is 4.74 Å². The quantitative estimate of drug-likeness (QED) is 0.798. The average molecular weight is 380 g/mol. The number of benzene rings is 2. The third kappa shape index (κ3) is 4.78. The molecular weight excluding hydrogens is 352 g/mol. The van der Waals surface area contributed by atoms with Crippen molar-refractivity contribution in [2.24, 2.45) is 5.92 Å². The average Bonchev–Trinajstić information content (AvgIpc) is 2.71. The Hall–Kier alpha value is -2.66. The van der Waals surface area contributed by atoms with Crippen LogP contribution in [0.15, 0.2) is 42.5 Å². The number of amides is 1. The van der Waals surface area contributed by atoms with Crippen molar-refractivity contribution in [1.29, 1.82) is 0 Å². The maximum absolute atomic E-state index is 12.7. The number of esters is 1. The van der Waals surface area contributed by atoms with E-state index in [9.17, 15) is 9.59 Å². The largest absolute Gasteiger partial charge is 0.465 e. The van der Waals surface area contributed by atoms with E-state index in [0.717, 1.165) is 38.0 Å². The minimum Gasteiger partial charge on any atom is -0.465 e. The number of hydrogen-bond acceptors (Lipinski definition) is 4. The van der Waals surface area contributed by atoms with Crippen LogP contribution in [0, 0.1) is 19.8 Å². The molecule has 0 atom stereocenters. The molecule has 28 heavy (non-hydrogen) atoms. The first-order valence-corrected chi connectivity index (χ1v) is 9.74. The lowest BCUT2D eigenvalue weighted by Crippen LogP contribution is -2.37. The molecule has 0 aromatic heterocycles. The van der Waals surface area contributed by atoms with Gasteiger partial charge in [0.2, 0.25) is 5.91 Å². The summed E-state index contributed by atoms with van der Waals surface area (Å²) in [5.74, 6) is -0.367. The monoisotopic (exact) mass is 380 g/mol. The Morgan fingerprint density at radius 2 is 1.75 bits per heavy atom. The van der Waals surface area contributed by atoms with E-state index < -0.39 is 5.97 Å². The molecule has 148 valence electrons. The number of nitrogens with one attached hydrogen (secondary N) is 1. The number of nitrogens with zero attached hydrogens (tertiary/aromatic N) is 1. The van der Waals surface area contributed by atoms with Crippen molar-refractivity contribution in [2.75, 3.05) is 25.5 Å². The minimum atomic E-state index is -0.391. The van der Waals surface area contributed by atoms with Crippen LogP contribution in [0.5, 0.6) is 0 Å². The summed E-state index contributed by atoms with van der Waals surface area (Å²) < 4.78 is 4.80. The second kappa shape index (κ2) is 9.02. The molecule has 5 nitrogen and oxygen atoms in total. The lowest BCUT2D eigenvalue weighted by Gasteiger charge is -2.31. The van der Waals surface area contributed by atoms with Gasteiger partial charge in [0.15, 0.2) is 0 Å². The first-order valence-electron chi connectivity index (χ1n) is 9.74. The highest BCUT2D eigenvalue weighted by molar-refractivity contribution is 5.97. The van der Waals surface area contributed by atoms with Gasteiger partial charge >= 0.3 is 5.97 Å². The fourth-order valence-corrected chi connectivity index (χ4v) is 3.64. The van der Waals surface area contributed by atoms with Crippen molar-refractivity contribution in [3.63, 3.8) is 0 Å². The summed E-state index contributed by atoms with van der Waals surface area (Å²) in [6.45, 7) is 6.66. The van der Waals surface area contributed by atoms with Crippen LogP contribution < -0.4 is 5.32 Å². The molecule has 1 heterocycles. The lowest BCUT2D eigenvalue weighted by atomic mass is 9.95. The molecule has 0 bridgehead atoms. The molecule has 0 aliphatic carbocycles. The number of ether oxygens (including phenoxy) is 1. The van der Waals surface area contributed by atoms with Gasteiger partial charge in [-0.25, -0.2) is 4.79 Å². The molecule has 0 unspecified atom stereocenters. The summed E-state index contributed by atoms with van der Waals surface area (Å²) in [4.78, 5) is 27.0. The van der Waals surface area contributed by atoms with Crippen molar-refractivity contribution >= 4 is 17.6 Å². The summed E-state index contributed by atoms with van der Waals surface area (Å²) >= 11 is 0. The molecule has 1 aliphatic heterocycles. The number of likely N-dealkylation sites (tertiary alicyclic amines) is 1. The van der Waals surface area contributed by atoms with Crippen molar-refractivity contribution in [3.05, 3.63) is 64.7 Å². The fourth-order valence-electron chi connectivity index (χ4n) is 3.64. The number of methoxy groups -OCH3 is 1. The number of hydrogen-bond donors (Lipinski definition) is 1. The van der Waals surface area contributed by atoms with Crippen LogP contribution in [-0.4, -0.2) is 37.0 Å². The third-order valence-corrected chi connectivity index (χ3v) is 5.48. The first kappa shape index (κ1) is 20.1. The van der Waals surface area contributed by atoms with E-state index in [1.807, 2.05) is 13.0 Å². The van der Waals surface area contributed by atoms with Crippen molar-refractivity contribution in [3.8, 4) is 0 Å². The fraction of sp³-hybridized carbons (Fsp3) is 0.391. The molecule has 0 saturated carbocycles. The van der Waals surface area contributed by atoms with Gasteiger partial charge < -0.3 is 10.1 Å². The first-order chi connectivity index (χ1) is 13.5. The molecule has 1 fully saturated rings. The zero-order chi connectivity index (χ0) is 20.1. The molecule has 1 N–H and O–H groups in total. The molecule has 2 aromatic carbocycles. The molecule has 3 rings (SSSR count). The highest BCUT2D eigenvalue weighted by atomic mass is 16.5. The molecule has 0 radical (unpaired) electrons. The van der Waals surface area contributed by atoms with Gasteiger partial charge in [-0.1, -0.05) is 35.9 Å². The molecule has 0 spiro atoms. The summed E-state index contributed by atoms with van der Waals surface area (Å²) in [6, 6.07) is 13.9. The highest BCUT2D eigenvalue weighted by Crippen LogP contribution is 2.24. The van der Waals surface area contributed by atoms with E-state index in [2.05, 4.69) is 41.4 Å². The number of aryl methyl sites for hydroxylation is 1. The topological polar surface area (TPSA) is 58.6 Å². The van der Waals surface area contributed by atoms with Gasteiger partial charge in [0.1, 0.15) is 0 Å². The summed E-state index contributed by atoms with van der Waals surface area (Å²) in [6.07, 6.45) is 1.68. The molecular formula is C23H28N2O3. The van der Waals surface area contributed by atoms with Gasteiger partial charge in [-0.15, -0.1) is 0 Å². The molecule has 1 saturated heterocycles. The van der Waals surface area contributed by atoms with Crippen LogP contribution in [0.1, 0.15) is 39.9 Å². The van der Waals surface area contributed by atoms with Crippen LogP contribution >= 0.6 is 0 Å². The summed E-state index contributed by atoms with van der Waals surface area (Å²) in [5.41, 5.74) is 4.47. The number of piperidine rings is 1. The molecule has 5 heteroatoms. The van der Waals surface area contributed by atoms with Crippen molar-refractivity contribution < 1.29 is 14.3 Å². The van der Waals surface area contributed by atoms with Gasteiger partial charge in [-0.05, 0) is 63.0 Å². The molecule has 1 aliphatic rings. The predicted molar refractivity (Wildman–Crippen MR) is 110 cm³/mol. The number of rotatable bonds is 5. The zero-order valence-corrected chi connectivity index (χ0v) is 16.8. The summed E-state index contributed by atoms with van der Waals surface area (Å²) in [5, 5.41) is 3.00. The molecule has 1 amide bonds. The maximum atomic E-state index is 12.7. The van der Waals surface area contributed by atoms with E-state index in [1.165, 1.54) is 18.2 Å². The van der Waals surface area contributed by atoms with Crippen LogP contribution in [-0.2, 0) is 16.1 Å². The van der Waals surface area contributed by atoms with E-state index in [1.54, 1.807) is 12.1 Å². The Morgan fingerprint density at radius 1 is 1.07 bits per heavy atom. The minimum absolute atomic E-state index is 0.00421. The van der Waals surface area contributed by atoms with E-state index in [0.29, 0.717) is 11.3 Å². The standard InChI is InChI=1S/C23H28N2O3/c1-16-7-9-18(10-8-16)15-25-13-11-19(12-14-25)22(26)24-21-6-4-5-20(17(21)2)23(27)28-3/h4-10,19H,11-15H2,1-3H3,(H,24,26). The van der Waals surface area contributed by atoms with Crippen LogP contribution in [0.3, 0.4) is 0 Å². The Balaban J connectivity index is 1.55. The lowest BCUT2D eigenvalue weighted by molar-refractivity contribution is -0.121. The maximum Gasteiger partial charge on any atom is 0.338 e. The second-order valence-corrected chi connectivity index (χ2v) is 7.49. The van der Waals surface area contributed by atoms with Crippen LogP contribution in [0.2, 0.25) is 0 Å². The number of carbonyl (C=O) groups excluding carboxylic acids is 2. The van der Waals surface area contributed by atoms with Crippen molar-refractivity contribution in [1.82, 2.24) is 4.90 Å². The summed E-state index contributed by atoms with van der Waals surface area (Å²) in [7, 11) is 1.36. The van der Waals surface area contributed by atoms with Gasteiger partial charge in [0.05, 0.1) is 12.7 Å². The SMILES string of the molecule is COC(=O)c1cccc(NC(=O)C2CCN(Cc3ccc(C)cc3)CC2)c1C. The number of carbonyl (C=O) groups is 2.